The fourth-order valence-corrected chi connectivity index (χ4v) is 16.0. The van der Waals surface area contributed by atoms with Crippen LogP contribution in [0.25, 0.3) is 0 Å². The molecule has 472 valence electrons. The molecule has 0 spiro atoms. The first-order valence-electron chi connectivity index (χ1n) is 27.9. The van der Waals surface area contributed by atoms with Gasteiger partial charge in [0, 0.05) is 105 Å². The van der Waals surface area contributed by atoms with Gasteiger partial charge in [-0.05, 0) is 121 Å². The SMILES string of the molecule is C1CCNCCNCCNCCNCC1.Cc1ccc(S(=O)(=O)N2CCN(S(=O)(=O)c3ccc(C)cc3)CCN(S(=O)(=O)c3ccc(C)cc3)CCN(S(=O)(=O)c3ccc(C)cc3)CCN(S(=O)(=O)c3ccc(C)cc3)CC2)cc1.O=S(=O)(O)O. The topological polar surface area (TPSA) is 310 Å². The zero-order chi connectivity index (χ0) is 62.5. The molecule has 0 unspecified atom stereocenters. The third-order valence-corrected chi connectivity index (χ3v) is 23.5. The molecule has 0 radical (unpaired) electrons. The summed E-state index contributed by atoms with van der Waals surface area (Å²) < 4.78 is 182. The molecule has 7 rings (SSSR count). The summed E-state index contributed by atoms with van der Waals surface area (Å²) in [5.74, 6) is 0. The number of rotatable bonds is 10. The highest BCUT2D eigenvalue weighted by molar-refractivity contribution is 7.90. The number of hydrogen-bond acceptors (Lipinski definition) is 16. The minimum Gasteiger partial charge on any atom is -0.315 e. The number of nitrogens with one attached hydrogen (secondary N) is 4. The molecule has 2 aliphatic rings. The van der Waals surface area contributed by atoms with Gasteiger partial charge in [-0.15, -0.1) is 0 Å². The van der Waals surface area contributed by atoms with Crippen LogP contribution in [0.4, 0.5) is 0 Å². The van der Waals surface area contributed by atoms with Gasteiger partial charge in [-0.3, -0.25) is 9.11 Å². The second-order valence-electron chi connectivity index (χ2n) is 20.6. The van der Waals surface area contributed by atoms with Crippen LogP contribution in [0.3, 0.4) is 0 Å². The molecule has 0 bridgehead atoms. The maximum atomic E-state index is 14.6. The average Bonchev–Trinajstić information content (AvgIpc) is 2.79. The van der Waals surface area contributed by atoms with E-state index in [0.29, 0.717) is 0 Å². The zero-order valence-electron chi connectivity index (χ0n) is 48.9. The van der Waals surface area contributed by atoms with Gasteiger partial charge in [0.2, 0.25) is 50.1 Å². The Hall–Kier alpha value is -4.64. The first kappa shape index (κ1) is 71.1. The van der Waals surface area contributed by atoms with Crippen LogP contribution >= 0.6 is 0 Å². The Labute approximate surface area is 505 Å². The molecule has 2 aliphatic heterocycles. The van der Waals surface area contributed by atoms with E-state index in [2.05, 4.69) is 21.3 Å². The molecular formula is C56H83N9O14S6. The molecule has 5 aromatic carbocycles. The van der Waals surface area contributed by atoms with E-state index >= 15 is 0 Å². The Bertz CT molecular complexity index is 3000. The molecule has 2 heterocycles. The Morgan fingerprint density at radius 1 is 0.259 bits per heavy atom. The average molecular weight is 1300 g/mol. The smallest absolute Gasteiger partial charge is 0.315 e. The van der Waals surface area contributed by atoms with E-state index < -0.39 is 126 Å². The summed E-state index contributed by atoms with van der Waals surface area (Å²) >= 11 is 0. The van der Waals surface area contributed by atoms with Crippen molar-refractivity contribution in [3.8, 4) is 0 Å². The lowest BCUT2D eigenvalue weighted by atomic mass is 10.2. The molecule has 5 aromatic rings. The van der Waals surface area contributed by atoms with Gasteiger partial charge in [0.15, 0.2) is 0 Å². The lowest BCUT2D eigenvalue weighted by molar-refractivity contribution is 0.307. The van der Waals surface area contributed by atoms with Gasteiger partial charge in [0.05, 0.1) is 24.5 Å². The van der Waals surface area contributed by atoms with Gasteiger partial charge in [-0.2, -0.15) is 29.9 Å². The van der Waals surface area contributed by atoms with Crippen molar-refractivity contribution in [2.75, 3.05) is 118 Å². The van der Waals surface area contributed by atoms with E-state index in [9.17, 15) is 42.1 Å². The quantitative estimate of drug-likeness (QED) is 0.108. The number of nitrogens with zero attached hydrogens (tertiary/aromatic N) is 5. The fraction of sp³-hybridized carbons (Fsp3) is 0.464. The number of aryl methyl sites for hydroxylation is 5. The van der Waals surface area contributed by atoms with Crippen LogP contribution in [0.2, 0.25) is 0 Å². The van der Waals surface area contributed by atoms with E-state index in [1.54, 1.807) is 95.3 Å². The van der Waals surface area contributed by atoms with Gasteiger partial charge in [-0.1, -0.05) is 94.9 Å². The maximum absolute atomic E-state index is 14.6. The summed E-state index contributed by atoms with van der Waals surface area (Å²) in [4.78, 5) is -0.590. The molecule has 23 nitrogen and oxygen atoms in total. The van der Waals surface area contributed by atoms with Crippen LogP contribution in [0, 0.1) is 34.6 Å². The Morgan fingerprint density at radius 3 is 0.553 bits per heavy atom. The van der Waals surface area contributed by atoms with E-state index in [-0.39, 0.29) is 24.5 Å². The lowest BCUT2D eigenvalue weighted by Gasteiger charge is -2.30. The van der Waals surface area contributed by atoms with Crippen molar-refractivity contribution in [1.82, 2.24) is 42.8 Å². The van der Waals surface area contributed by atoms with Crippen LogP contribution in [-0.2, 0) is 60.5 Å². The van der Waals surface area contributed by atoms with Crippen molar-refractivity contribution in [3.63, 3.8) is 0 Å². The van der Waals surface area contributed by atoms with Crippen molar-refractivity contribution < 1.29 is 59.6 Å². The monoisotopic (exact) mass is 1300 g/mol. The second kappa shape index (κ2) is 33.1. The van der Waals surface area contributed by atoms with Crippen molar-refractivity contribution in [2.45, 2.75) is 78.4 Å². The molecule has 85 heavy (non-hydrogen) atoms. The predicted octanol–water partition coefficient (Wildman–Crippen LogP) is 3.87. The van der Waals surface area contributed by atoms with Crippen LogP contribution in [-0.4, -0.2) is 199 Å². The maximum Gasteiger partial charge on any atom is 0.394 e. The number of sulfonamides is 5. The first-order valence-corrected chi connectivity index (χ1v) is 36.5. The highest BCUT2D eigenvalue weighted by atomic mass is 32.3. The molecular weight excluding hydrogens is 1220 g/mol. The fourth-order valence-electron chi connectivity index (χ4n) is 8.88. The standard InChI is InChI=1S/C45H55N5O10S5.C11H26N4.H2O4S/c1-36-6-16-41(17-7-36)61(51,52)46-26-28-47(62(53,54)42-18-8-37(2)9-19-42)30-32-49(64(57,58)44-22-12-39(4)13-23-44)34-35-50(65(59,60)45-24-14-40(5)15-25-45)33-31-48(29-27-46)63(55,56)43-20-10-38(3)11-21-43;1-2-4-12-6-8-14-10-11-15-9-7-13-5-3-1;1-5(2,3)4/h6-25H,26-35H2,1-5H3;12-15H,1-11H2;(H2,1,2,3,4). The Balaban J connectivity index is 0.000000558. The van der Waals surface area contributed by atoms with E-state index in [4.69, 9.17) is 17.5 Å². The lowest BCUT2D eigenvalue weighted by Crippen LogP contribution is -2.47. The molecule has 0 atom stereocenters. The molecule has 2 fully saturated rings. The third-order valence-electron chi connectivity index (χ3n) is 13.9. The van der Waals surface area contributed by atoms with Crippen molar-refractivity contribution in [1.29, 1.82) is 0 Å². The third kappa shape index (κ3) is 22.5. The number of hydrogen-bond donors (Lipinski definition) is 6. The first-order chi connectivity index (χ1) is 40.0. The van der Waals surface area contributed by atoms with Gasteiger partial charge in [-0.25, -0.2) is 42.1 Å². The highest BCUT2D eigenvalue weighted by Gasteiger charge is 2.36. The zero-order valence-corrected chi connectivity index (χ0v) is 53.8. The van der Waals surface area contributed by atoms with Crippen LogP contribution in [0.15, 0.2) is 146 Å². The molecule has 29 heteroatoms. The minimum atomic E-state index is -4.67. The van der Waals surface area contributed by atoms with Gasteiger partial charge in [0.25, 0.3) is 0 Å². The molecule has 0 amide bonds. The van der Waals surface area contributed by atoms with Gasteiger partial charge < -0.3 is 21.3 Å². The number of benzene rings is 5. The summed E-state index contributed by atoms with van der Waals surface area (Å²) in [6, 6.07) is 30.1. The predicted molar refractivity (Wildman–Crippen MR) is 329 cm³/mol. The van der Waals surface area contributed by atoms with Crippen molar-refractivity contribution in [2.24, 2.45) is 0 Å². The van der Waals surface area contributed by atoms with Gasteiger partial charge in [0.1, 0.15) is 0 Å². The molecule has 0 aromatic heterocycles. The molecule has 2 saturated heterocycles. The van der Waals surface area contributed by atoms with Crippen molar-refractivity contribution in [3.05, 3.63) is 149 Å². The van der Waals surface area contributed by atoms with Gasteiger partial charge >= 0.3 is 10.4 Å². The van der Waals surface area contributed by atoms with E-state index in [1.807, 2.05) is 0 Å². The summed E-state index contributed by atoms with van der Waals surface area (Å²) in [5.41, 5.74) is 3.90. The Kier molecular flexibility index (Phi) is 27.7. The molecule has 0 saturated carbocycles. The Morgan fingerprint density at radius 2 is 0.400 bits per heavy atom. The summed E-state index contributed by atoms with van der Waals surface area (Å²) in [7, 11) is -26.9. The normalized spacial score (nSPS) is 18.2. The van der Waals surface area contributed by atoms with Crippen LogP contribution < -0.4 is 21.3 Å². The van der Waals surface area contributed by atoms with Crippen molar-refractivity contribution >= 4 is 60.5 Å². The molecule has 6 N–H and O–H groups in total. The largest absolute Gasteiger partial charge is 0.394 e. The minimum absolute atomic E-state index is 0.118. The van der Waals surface area contributed by atoms with Crippen LogP contribution in [0.1, 0.15) is 47.1 Å². The molecule has 0 aliphatic carbocycles. The second-order valence-corrected chi connectivity index (χ2v) is 31.2. The van der Waals surface area contributed by atoms with E-state index in [1.165, 1.54) is 93.0 Å². The van der Waals surface area contributed by atoms with Crippen LogP contribution in [0.5, 0.6) is 0 Å². The summed E-state index contributed by atoms with van der Waals surface area (Å²) in [6.45, 7) is 13.2. The highest BCUT2D eigenvalue weighted by Crippen LogP contribution is 2.25. The summed E-state index contributed by atoms with van der Waals surface area (Å²) in [5, 5.41) is 13.7. The summed E-state index contributed by atoms with van der Waals surface area (Å²) in [6.07, 6.45) is 3.95. The van der Waals surface area contributed by atoms with E-state index in [0.717, 1.165) is 88.6 Å².